The highest BCUT2D eigenvalue weighted by Crippen LogP contribution is 2.23. The molecule has 4 rings (SSSR count). The Morgan fingerprint density at radius 1 is 1.07 bits per heavy atom. The molecule has 0 spiro atoms. The van der Waals surface area contributed by atoms with Crippen molar-refractivity contribution in [2.75, 3.05) is 19.6 Å². The van der Waals surface area contributed by atoms with E-state index >= 15 is 0 Å². The molecule has 0 saturated carbocycles. The second-order valence-electron chi connectivity index (χ2n) is 7.31. The van der Waals surface area contributed by atoms with Gasteiger partial charge in [0.05, 0.1) is 4.90 Å². The maximum Gasteiger partial charge on any atom is 0.289 e. The van der Waals surface area contributed by atoms with Crippen molar-refractivity contribution < 1.29 is 26.4 Å². The summed E-state index contributed by atoms with van der Waals surface area (Å²) in [6.45, 7) is 1.12. The van der Waals surface area contributed by atoms with E-state index in [1.165, 1.54) is 0 Å². The van der Waals surface area contributed by atoms with E-state index in [2.05, 4.69) is 4.72 Å². The summed E-state index contributed by atoms with van der Waals surface area (Å²) in [6, 6.07) is 11.6. The molecule has 1 fully saturated rings. The average Bonchev–Trinajstić information content (AvgIpc) is 3.18. The van der Waals surface area contributed by atoms with E-state index in [1.807, 2.05) is 18.2 Å². The van der Waals surface area contributed by atoms with Crippen molar-refractivity contribution in [3.63, 3.8) is 0 Å². The molecule has 0 aliphatic carbocycles. The Balaban J connectivity index is 1.33. The van der Waals surface area contributed by atoms with Crippen LogP contribution in [0.25, 0.3) is 11.0 Å². The average molecular weight is 434 g/mol. The van der Waals surface area contributed by atoms with Crippen molar-refractivity contribution in [3.8, 4) is 0 Å². The molecular formula is C21H20F2N2O4S. The van der Waals surface area contributed by atoms with Crippen molar-refractivity contribution in [1.82, 2.24) is 9.62 Å². The lowest BCUT2D eigenvalue weighted by atomic mass is 9.97. The highest BCUT2D eigenvalue weighted by molar-refractivity contribution is 7.89. The fraction of sp³-hybridized carbons (Fsp3) is 0.286. The molecule has 1 saturated heterocycles. The number of sulfonamides is 1. The predicted molar refractivity (Wildman–Crippen MR) is 106 cm³/mol. The minimum Gasteiger partial charge on any atom is -0.451 e. The van der Waals surface area contributed by atoms with Gasteiger partial charge in [-0.15, -0.1) is 0 Å². The molecular weight excluding hydrogens is 414 g/mol. The molecule has 0 unspecified atom stereocenters. The van der Waals surface area contributed by atoms with Crippen LogP contribution in [-0.2, 0) is 10.0 Å². The number of para-hydroxylation sites is 1. The smallest absolute Gasteiger partial charge is 0.289 e. The topological polar surface area (TPSA) is 79.6 Å². The number of hydrogen-bond acceptors (Lipinski definition) is 4. The van der Waals surface area contributed by atoms with Crippen molar-refractivity contribution in [2.45, 2.75) is 17.7 Å². The highest BCUT2D eigenvalue weighted by atomic mass is 32.2. The Labute approximate surface area is 172 Å². The van der Waals surface area contributed by atoms with Crippen molar-refractivity contribution in [3.05, 3.63) is 65.9 Å². The maximum absolute atomic E-state index is 13.3. The van der Waals surface area contributed by atoms with Crippen LogP contribution in [-0.4, -0.2) is 38.9 Å². The highest BCUT2D eigenvalue weighted by Gasteiger charge is 2.27. The molecule has 1 aliphatic heterocycles. The summed E-state index contributed by atoms with van der Waals surface area (Å²) in [6.07, 6.45) is 1.23. The zero-order chi connectivity index (χ0) is 21.3. The summed E-state index contributed by atoms with van der Waals surface area (Å²) >= 11 is 0. The number of piperidine rings is 1. The molecule has 0 atom stereocenters. The second kappa shape index (κ2) is 8.16. The molecule has 158 valence electrons. The van der Waals surface area contributed by atoms with Crippen LogP contribution in [0.1, 0.15) is 23.4 Å². The lowest BCUT2D eigenvalue weighted by molar-refractivity contribution is 0.0662. The first-order valence-corrected chi connectivity index (χ1v) is 11.0. The number of halogens is 2. The summed E-state index contributed by atoms with van der Waals surface area (Å²) in [5.41, 5.74) is 0.655. The van der Waals surface area contributed by atoms with Gasteiger partial charge in [0.2, 0.25) is 10.0 Å². The van der Waals surface area contributed by atoms with Crippen LogP contribution in [0.4, 0.5) is 8.78 Å². The first-order valence-electron chi connectivity index (χ1n) is 9.56. The Morgan fingerprint density at radius 2 is 1.80 bits per heavy atom. The van der Waals surface area contributed by atoms with Gasteiger partial charge in [0, 0.05) is 25.0 Å². The number of nitrogens with one attached hydrogen (secondary N) is 1. The lowest BCUT2D eigenvalue weighted by Crippen LogP contribution is -2.41. The van der Waals surface area contributed by atoms with Gasteiger partial charge in [0.15, 0.2) is 17.4 Å². The normalized spacial score (nSPS) is 15.6. The van der Waals surface area contributed by atoms with Crippen LogP contribution in [0.15, 0.2) is 57.8 Å². The van der Waals surface area contributed by atoms with Gasteiger partial charge in [-0.2, -0.15) is 0 Å². The number of fused-ring (bicyclic) bond motifs is 1. The monoisotopic (exact) mass is 434 g/mol. The molecule has 2 heterocycles. The quantitative estimate of drug-likeness (QED) is 0.666. The Morgan fingerprint density at radius 3 is 2.50 bits per heavy atom. The van der Waals surface area contributed by atoms with Gasteiger partial charge >= 0.3 is 0 Å². The van der Waals surface area contributed by atoms with Crippen LogP contribution in [0.3, 0.4) is 0 Å². The van der Waals surface area contributed by atoms with Gasteiger partial charge in [0.25, 0.3) is 5.91 Å². The summed E-state index contributed by atoms with van der Waals surface area (Å²) < 4.78 is 59.0. The van der Waals surface area contributed by atoms with Crippen LogP contribution in [0.2, 0.25) is 0 Å². The molecule has 0 bridgehead atoms. The molecule has 30 heavy (non-hydrogen) atoms. The number of likely N-dealkylation sites (tertiary alicyclic amines) is 1. The number of nitrogens with zero attached hydrogens (tertiary/aromatic N) is 1. The molecule has 3 aromatic rings. The fourth-order valence-electron chi connectivity index (χ4n) is 3.54. The lowest BCUT2D eigenvalue weighted by Gasteiger charge is -2.31. The largest absolute Gasteiger partial charge is 0.451 e. The minimum atomic E-state index is -3.94. The van der Waals surface area contributed by atoms with E-state index in [0.29, 0.717) is 37.6 Å². The molecule has 9 heteroatoms. The third-order valence-corrected chi connectivity index (χ3v) is 6.72. The standard InChI is InChI=1S/C21H20F2N2O4S/c22-17-6-5-16(12-18(17)23)30(27,28)24-13-14-7-9-25(10-8-14)21(26)20-11-15-3-1-2-4-19(15)29-20/h1-6,11-12,14,24H,7-10,13H2. The zero-order valence-corrected chi connectivity index (χ0v) is 16.8. The molecule has 1 amide bonds. The van der Waals surface area contributed by atoms with Gasteiger partial charge in [-0.1, -0.05) is 18.2 Å². The molecule has 1 aliphatic rings. The second-order valence-corrected chi connectivity index (χ2v) is 9.08. The van der Waals surface area contributed by atoms with Gasteiger partial charge in [-0.05, 0) is 49.1 Å². The van der Waals surface area contributed by atoms with Crippen LogP contribution < -0.4 is 4.72 Å². The number of carbonyl (C=O) groups excluding carboxylic acids is 1. The molecule has 1 N–H and O–H groups in total. The summed E-state index contributed by atoms with van der Waals surface area (Å²) in [5.74, 6) is -2.18. The Kier molecular flexibility index (Phi) is 5.57. The first kappa shape index (κ1) is 20.5. The van der Waals surface area contributed by atoms with E-state index < -0.39 is 21.7 Å². The number of rotatable bonds is 5. The molecule has 2 aromatic carbocycles. The minimum absolute atomic E-state index is 0.0322. The number of hydrogen-bond donors (Lipinski definition) is 1. The Hall–Kier alpha value is -2.78. The van der Waals surface area contributed by atoms with Crippen molar-refractivity contribution in [2.24, 2.45) is 5.92 Å². The zero-order valence-electron chi connectivity index (χ0n) is 16.0. The van der Waals surface area contributed by atoms with Gasteiger partial charge in [0.1, 0.15) is 5.58 Å². The molecule has 6 nitrogen and oxygen atoms in total. The van der Waals surface area contributed by atoms with Crippen LogP contribution in [0, 0.1) is 17.6 Å². The van der Waals surface area contributed by atoms with E-state index in [9.17, 15) is 22.0 Å². The van der Waals surface area contributed by atoms with Crippen molar-refractivity contribution in [1.29, 1.82) is 0 Å². The molecule has 0 radical (unpaired) electrons. The SMILES string of the molecule is O=C(c1cc2ccccc2o1)N1CCC(CNS(=O)(=O)c2ccc(F)c(F)c2)CC1. The van der Waals surface area contributed by atoms with Crippen LogP contribution in [0.5, 0.6) is 0 Å². The van der Waals surface area contributed by atoms with Crippen molar-refractivity contribution >= 4 is 26.9 Å². The third kappa shape index (κ3) is 4.22. The van der Waals surface area contributed by atoms with E-state index in [-0.39, 0.29) is 29.0 Å². The van der Waals surface area contributed by atoms with Gasteiger partial charge in [-0.25, -0.2) is 21.9 Å². The number of benzene rings is 2. The molecule has 1 aromatic heterocycles. The van der Waals surface area contributed by atoms with E-state index in [4.69, 9.17) is 4.42 Å². The fourth-order valence-corrected chi connectivity index (χ4v) is 4.67. The number of furan rings is 1. The maximum atomic E-state index is 13.3. The van der Waals surface area contributed by atoms with Gasteiger partial charge in [-0.3, -0.25) is 4.79 Å². The van der Waals surface area contributed by atoms with Crippen LogP contribution >= 0.6 is 0 Å². The number of carbonyl (C=O) groups is 1. The van der Waals surface area contributed by atoms with Gasteiger partial charge < -0.3 is 9.32 Å². The van der Waals surface area contributed by atoms with E-state index in [0.717, 1.165) is 17.5 Å². The predicted octanol–water partition coefficient (Wildman–Crippen LogP) is 3.54. The summed E-state index contributed by atoms with van der Waals surface area (Å²) in [4.78, 5) is 14.1. The third-order valence-electron chi connectivity index (χ3n) is 5.30. The summed E-state index contributed by atoms with van der Waals surface area (Å²) in [5, 5.41) is 0.863. The number of amides is 1. The Bertz CT molecular complexity index is 1150. The van der Waals surface area contributed by atoms with E-state index in [1.54, 1.807) is 17.0 Å². The summed E-state index contributed by atoms with van der Waals surface area (Å²) in [7, 11) is -3.94. The first-order chi connectivity index (χ1) is 14.3.